The lowest BCUT2D eigenvalue weighted by Gasteiger charge is -2.24. The van der Waals surface area contributed by atoms with Crippen molar-refractivity contribution in [3.63, 3.8) is 0 Å². The van der Waals surface area contributed by atoms with Gasteiger partial charge in [0.15, 0.2) is 5.58 Å². The van der Waals surface area contributed by atoms with Gasteiger partial charge in [-0.1, -0.05) is 0 Å². The molecule has 0 radical (unpaired) electrons. The van der Waals surface area contributed by atoms with Crippen molar-refractivity contribution in [1.29, 1.82) is 0 Å². The van der Waals surface area contributed by atoms with Crippen molar-refractivity contribution in [1.82, 2.24) is 4.98 Å². The highest BCUT2D eigenvalue weighted by Gasteiger charge is 2.17. The molecule has 0 spiro atoms. The predicted molar refractivity (Wildman–Crippen MR) is 138 cm³/mol. The zero-order valence-corrected chi connectivity index (χ0v) is 21.3. The number of carboxylic acids is 1. The first kappa shape index (κ1) is 27.3. The molecule has 1 atom stereocenters. The van der Waals surface area contributed by atoms with E-state index in [1.807, 2.05) is 0 Å². The zero-order valence-electron chi connectivity index (χ0n) is 19.7. The molecular weight excluding hydrogens is 542 g/mol. The molecule has 0 aliphatic carbocycles. The van der Waals surface area contributed by atoms with E-state index in [0.29, 0.717) is 29.6 Å². The summed E-state index contributed by atoms with van der Waals surface area (Å²) in [6.07, 6.45) is 0.311. The van der Waals surface area contributed by atoms with Gasteiger partial charge in [-0.25, -0.2) is 9.78 Å². The average molecular weight is 565 g/mol. The van der Waals surface area contributed by atoms with Crippen LogP contribution in [0.3, 0.4) is 0 Å². The fourth-order valence-electron chi connectivity index (χ4n) is 3.87. The molecule has 15 heteroatoms. The van der Waals surface area contributed by atoms with Crippen molar-refractivity contribution < 1.29 is 40.5 Å². The first-order valence-electron chi connectivity index (χ1n) is 11.3. The molecule has 2 aromatic carbocycles. The second-order valence-electron chi connectivity index (χ2n) is 8.33. The van der Waals surface area contributed by atoms with E-state index in [4.69, 9.17) is 18.5 Å². The normalized spacial score (nSPS) is 12.6. The topological polar surface area (TPSA) is 203 Å². The van der Waals surface area contributed by atoms with Crippen molar-refractivity contribution >= 4 is 60.8 Å². The third-order valence-electron chi connectivity index (χ3n) is 5.55. The van der Waals surface area contributed by atoms with Crippen LogP contribution in [-0.2, 0) is 26.2 Å². The van der Waals surface area contributed by atoms with E-state index in [-0.39, 0.29) is 47.7 Å². The molecule has 2 heterocycles. The highest BCUT2D eigenvalue weighted by Crippen LogP contribution is 2.28. The van der Waals surface area contributed by atoms with Crippen molar-refractivity contribution in [2.75, 3.05) is 28.5 Å². The third-order valence-corrected chi connectivity index (χ3v) is 6.76. The lowest BCUT2D eigenvalue weighted by molar-refractivity contribution is -0.137. The van der Waals surface area contributed by atoms with Gasteiger partial charge in [-0.2, -0.15) is 8.42 Å². The van der Waals surface area contributed by atoms with Crippen LogP contribution in [0.4, 0.5) is 11.4 Å². The van der Waals surface area contributed by atoms with E-state index >= 15 is 0 Å². The summed E-state index contributed by atoms with van der Waals surface area (Å²) in [5, 5.41) is 9.48. The van der Waals surface area contributed by atoms with Gasteiger partial charge in [0.1, 0.15) is 16.7 Å². The summed E-state index contributed by atoms with van der Waals surface area (Å²) in [7, 11) is -4.15. The molecule has 13 nitrogen and oxygen atoms in total. The lowest BCUT2D eigenvalue weighted by atomic mass is 10.1. The molecule has 2 aromatic heterocycles. The summed E-state index contributed by atoms with van der Waals surface area (Å²) in [5.74, 6) is -1.43. The summed E-state index contributed by atoms with van der Waals surface area (Å²) in [6, 6.07) is 11.0. The zero-order chi connectivity index (χ0) is 27.4. The summed E-state index contributed by atoms with van der Waals surface area (Å²) in [5.41, 5.74) is 1.04. The lowest BCUT2D eigenvalue weighted by Crippen LogP contribution is -2.27. The second-order valence-corrected chi connectivity index (χ2v) is 10.6. The van der Waals surface area contributed by atoms with Gasteiger partial charge in [0, 0.05) is 59.7 Å². The van der Waals surface area contributed by atoms with E-state index < -0.39 is 38.7 Å². The molecular formula is C23H22N3O10S2-. The van der Waals surface area contributed by atoms with E-state index in [9.17, 15) is 26.8 Å². The van der Waals surface area contributed by atoms with Crippen molar-refractivity contribution in [3.05, 3.63) is 52.9 Å². The van der Waals surface area contributed by atoms with Gasteiger partial charge < -0.3 is 28.1 Å². The highest BCUT2D eigenvalue weighted by atomic mass is 32.2. The van der Waals surface area contributed by atoms with Crippen molar-refractivity contribution in [3.8, 4) is 11.5 Å². The fourth-order valence-corrected chi connectivity index (χ4v) is 4.69. The van der Waals surface area contributed by atoms with Crippen LogP contribution in [0.1, 0.15) is 19.3 Å². The first-order valence-corrected chi connectivity index (χ1v) is 13.9. The Balaban J connectivity index is 1.63. The van der Waals surface area contributed by atoms with Gasteiger partial charge in [-0.3, -0.25) is 13.6 Å². The number of aliphatic carboxylic acids is 1. The summed E-state index contributed by atoms with van der Waals surface area (Å²) in [4.78, 5) is 29.8. The van der Waals surface area contributed by atoms with Gasteiger partial charge in [0.05, 0.1) is 5.75 Å². The van der Waals surface area contributed by atoms with Crippen molar-refractivity contribution in [2.24, 2.45) is 0 Å². The molecule has 3 N–H and O–H groups in total. The van der Waals surface area contributed by atoms with E-state index in [2.05, 4.69) is 9.71 Å². The number of aromatic nitrogens is 1. The molecule has 202 valence electrons. The number of nitrogens with zero attached hydrogens (tertiary/aromatic N) is 2. The minimum Gasteiger partial charge on any atom is -0.755 e. The summed E-state index contributed by atoms with van der Waals surface area (Å²) < 4.78 is 66.3. The molecule has 4 aromatic rings. The number of carboxylic acid groups (broad SMARTS) is 1. The van der Waals surface area contributed by atoms with E-state index in [0.717, 1.165) is 0 Å². The number of hydrogen-bond donors (Lipinski definition) is 3. The van der Waals surface area contributed by atoms with Crippen LogP contribution in [-0.4, -0.2) is 56.6 Å². The monoisotopic (exact) mass is 564 g/mol. The van der Waals surface area contributed by atoms with Crippen LogP contribution in [0.2, 0.25) is 0 Å². The number of anilines is 2. The SMILES string of the molecule is O=C(O)CCCN(CCCS(=O)(=O)O)c1ccc2cc(-c3nc4ccc(NS(=O)[O-])cc4o3)c(=O)oc2c1. The van der Waals surface area contributed by atoms with Crippen LogP contribution < -0.4 is 15.2 Å². The molecule has 0 bridgehead atoms. The molecule has 0 fully saturated rings. The Hall–Kier alpha value is -3.79. The maximum Gasteiger partial charge on any atom is 0.349 e. The van der Waals surface area contributed by atoms with Gasteiger partial charge in [-0.05, 0) is 43.2 Å². The Kier molecular flexibility index (Phi) is 8.11. The fraction of sp³-hybridized carbons (Fsp3) is 0.261. The van der Waals surface area contributed by atoms with Crippen LogP contribution in [0.25, 0.3) is 33.5 Å². The summed E-state index contributed by atoms with van der Waals surface area (Å²) >= 11 is -2.52. The Morgan fingerprint density at radius 2 is 1.84 bits per heavy atom. The molecule has 38 heavy (non-hydrogen) atoms. The maximum atomic E-state index is 12.8. The predicted octanol–water partition coefficient (Wildman–Crippen LogP) is 2.76. The number of hydrogen-bond acceptors (Lipinski definition) is 10. The van der Waals surface area contributed by atoms with Crippen LogP contribution in [0.5, 0.6) is 0 Å². The molecule has 0 saturated heterocycles. The van der Waals surface area contributed by atoms with Crippen molar-refractivity contribution in [2.45, 2.75) is 19.3 Å². The Labute approximate surface area is 218 Å². The third kappa shape index (κ3) is 6.95. The van der Waals surface area contributed by atoms with Gasteiger partial charge in [0.2, 0.25) is 5.89 Å². The Bertz CT molecular complexity index is 1680. The van der Waals surface area contributed by atoms with Gasteiger partial charge in [-0.15, -0.1) is 0 Å². The molecule has 0 amide bonds. The van der Waals surface area contributed by atoms with Gasteiger partial charge >= 0.3 is 11.6 Å². The molecule has 0 aliphatic rings. The van der Waals surface area contributed by atoms with E-state index in [1.54, 1.807) is 23.1 Å². The molecule has 0 aliphatic heterocycles. The molecule has 0 saturated carbocycles. The van der Waals surface area contributed by atoms with Crippen LogP contribution in [0.15, 0.2) is 56.1 Å². The minimum atomic E-state index is -4.15. The van der Waals surface area contributed by atoms with Crippen LogP contribution >= 0.6 is 0 Å². The quantitative estimate of drug-likeness (QED) is 0.129. The number of benzene rings is 2. The smallest absolute Gasteiger partial charge is 0.349 e. The first-order chi connectivity index (χ1) is 18.0. The second kappa shape index (κ2) is 11.3. The Morgan fingerprint density at radius 3 is 2.55 bits per heavy atom. The minimum absolute atomic E-state index is 0.0133. The van der Waals surface area contributed by atoms with E-state index in [1.165, 1.54) is 24.3 Å². The van der Waals surface area contributed by atoms with Crippen LogP contribution in [0, 0.1) is 0 Å². The number of nitrogens with one attached hydrogen (secondary N) is 1. The number of rotatable bonds is 12. The maximum absolute atomic E-state index is 12.8. The Morgan fingerprint density at radius 1 is 1.08 bits per heavy atom. The number of oxazole rings is 1. The van der Waals surface area contributed by atoms with Gasteiger partial charge in [0.25, 0.3) is 10.1 Å². The standard InChI is InChI=1S/C23H23N3O10S2/c27-21(28)3-1-8-26(9-2-10-38(32,33)34)16-6-4-14-11-17(23(29)36-19(14)13-16)22-24-18-7-5-15(25-37(30)31)12-20(18)35-22/h4-7,11-13,25H,1-3,8-10H2,(H,27,28)(H,30,31)(H,32,33,34)/p-1. The molecule has 1 unspecified atom stereocenters. The summed E-state index contributed by atoms with van der Waals surface area (Å²) in [6.45, 7) is 0.512. The largest absolute Gasteiger partial charge is 0.755 e. The number of carbonyl (C=O) groups is 1. The molecule has 4 rings (SSSR count). The average Bonchev–Trinajstić information content (AvgIpc) is 3.24. The number of fused-ring (bicyclic) bond motifs is 2. The highest BCUT2D eigenvalue weighted by molar-refractivity contribution is 7.85.